The number of carbonyl (C=O) groups excluding carboxylic acids is 1. The van der Waals surface area contributed by atoms with Gasteiger partial charge in [0.2, 0.25) is 5.91 Å². The molecule has 132 valence electrons. The molecule has 4 nitrogen and oxygen atoms in total. The molecule has 0 radical (unpaired) electrons. The minimum atomic E-state index is 0.139. The van der Waals surface area contributed by atoms with Crippen molar-refractivity contribution in [2.75, 3.05) is 13.1 Å². The molecule has 25 heavy (non-hydrogen) atoms. The van der Waals surface area contributed by atoms with Gasteiger partial charge in [0.05, 0.1) is 0 Å². The molecule has 1 N–H and O–H groups in total. The second-order valence-corrected chi connectivity index (χ2v) is 7.04. The van der Waals surface area contributed by atoms with Gasteiger partial charge in [0, 0.05) is 49.5 Å². The van der Waals surface area contributed by atoms with Gasteiger partial charge >= 0.3 is 0 Å². The Morgan fingerprint density at radius 1 is 1.16 bits per heavy atom. The Morgan fingerprint density at radius 3 is 2.60 bits per heavy atom. The summed E-state index contributed by atoms with van der Waals surface area (Å²) in [6, 6.07) is 12.2. The molecule has 0 unspecified atom stereocenters. The first-order valence-electron chi connectivity index (χ1n) is 8.84. The summed E-state index contributed by atoms with van der Waals surface area (Å²) in [5.74, 6) is 0.139. The number of nitrogens with zero attached hydrogens (tertiary/aromatic N) is 2. The lowest BCUT2D eigenvalue weighted by Crippen LogP contribution is -2.44. The van der Waals surface area contributed by atoms with Crippen LogP contribution in [-0.4, -0.2) is 34.9 Å². The van der Waals surface area contributed by atoms with Crippen LogP contribution in [0, 0.1) is 0 Å². The highest BCUT2D eigenvalue weighted by atomic mass is 35.5. The number of piperidine rings is 1. The summed E-state index contributed by atoms with van der Waals surface area (Å²) >= 11 is 5.93. The van der Waals surface area contributed by atoms with E-state index in [1.165, 1.54) is 5.56 Å². The number of carbonyl (C=O) groups is 1. The Bertz CT molecular complexity index is 667. The van der Waals surface area contributed by atoms with Crippen LogP contribution in [0.4, 0.5) is 0 Å². The molecule has 1 aromatic carbocycles. The lowest BCUT2D eigenvalue weighted by Gasteiger charge is -2.32. The zero-order valence-electron chi connectivity index (χ0n) is 14.3. The summed E-state index contributed by atoms with van der Waals surface area (Å²) in [5.41, 5.74) is 2.39. The van der Waals surface area contributed by atoms with E-state index in [0.29, 0.717) is 12.5 Å². The topological polar surface area (TPSA) is 45.2 Å². The maximum atomic E-state index is 12.1. The summed E-state index contributed by atoms with van der Waals surface area (Å²) < 4.78 is 0. The third-order valence-electron chi connectivity index (χ3n) is 4.64. The fourth-order valence-electron chi connectivity index (χ4n) is 3.19. The van der Waals surface area contributed by atoms with Crippen molar-refractivity contribution in [3.63, 3.8) is 0 Å². The SMILES string of the molecule is O=C(CCc1cccnc1)NC1CCN(Cc2ccc(Cl)cc2)CC1. The molecule has 1 saturated heterocycles. The number of nitrogens with one attached hydrogen (secondary N) is 1. The van der Waals surface area contributed by atoms with Gasteiger partial charge in [-0.1, -0.05) is 29.8 Å². The van der Waals surface area contributed by atoms with E-state index >= 15 is 0 Å². The quantitative estimate of drug-likeness (QED) is 0.861. The van der Waals surface area contributed by atoms with Crippen molar-refractivity contribution in [1.82, 2.24) is 15.2 Å². The number of aryl methyl sites for hydroxylation is 1. The number of halogens is 1. The minimum Gasteiger partial charge on any atom is -0.353 e. The summed E-state index contributed by atoms with van der Waals surface area (Å²) in [6.45, 7) is 2.96. The third-order valence-corrected chi connectivity index (χ3v) is 4.89. The molecule has 2 aromatic rings. The largest absolute Gasteiger partial charge is 0.353 e. The number of hydrogen-bond acceptors (Lipinski definition) is 3. The molecular weight excluding hydrogens is 334 g/mol. The molecule has 5 heteroatoms. The molecule has 1 amide bonds. The number of likely N-dealkylation sites (tertiary alicyclic amines) is 1. The lowest BCUT2D eigenvalue weighted by atomic mass is 10.0. The van der Waals surface area contributed by atoms with E-state index in [9.17, 15) is 4.79 Å². The fraction of sp³-hybridized carbons (Fsp3) is 0.400. The van der Waals surface area contributed by atoms with Gasteiger partial charge in [-0.3, -0.25) is 14.7 Å². The molecule has 1 aliphatic rings. The fourth-order valence-corrected chi connectivity index (χ4v) is 3.31. The Morgan fingerprint density at radius 2 is 1.92 bits per heavy atom. The van der Waals surface area contributed by atoms with E-state index in [0.717, 1.165) is 49.5 Å². The van der Waals surface area contributed by atoms with Crippen LogP contribution in [0.3, 0.4) is 0 Å². The van der Waals surface area contributed by atoms with Gasteiger partial charge in [-0.15, -0.1) is 0 Å². The predicted octanol–water partition coefficient (Wildman–Crippen LogP) is 3.45. The zero-order valence-corrected chi connectivity index (χ0v) is 15.1. The first-order valence-corrected chi connectivity index (χ1v) is 9.22. The third kappa shape index (κ3) is 5.83. The number of hydrogen-bond donors (Lipinski definition) is 1. The van der Waals surface area contributed by atoms with Gasteiger partial charge in [-0.25, -0.2) is 0 Å². The van der Waals surface area contributed by atoms with Crippen molar-refractivity contribution < 1.29 is 4.79 Å². The van der Waals surface area contributed by atoms with Crippen LogP contribution in [0.1, 0.15) is 30.4 Å². The summed E-state index contributed by atoms with van der Waals surface area (Å²) in [6.07, 6.45) is 6.86. The van der Waals surface area contributed by atoms with E-state index in [1.54, 1.807) is 6.20 Å². The summed E-state index contributed by atoms with van der Waals surface area (Å²) in [7, 11) is 0. The highest BCUT2D eigenvalue weighted by Gasteiger charge is 2.20. The summed E-state index contributed by atoms with van der Waals surface area (Å²) in [5, 5.41) is 3.95. The van der Waals surface area contributed by atoms with Crippen molar-refractivity contribution in [1.29, 1.82) is 0 Å². The molecule has 0 saturated carbocycles. The Balaban J connectivity index is 1.37. The van der Waals surface area contributed by atoms with E-state index in [2.05, 4.69) is 27.3 Å². The van der Waals surface area contributed by atoms with Gasteiger partial charge in [0.15, 0.2) is 0 Å². The smallest absolute Gasteiger partial charge is 0.220 e. The monoisotopic (exact) mass is 357 g/mol. The van der Waals surface area contributed by atoms with Crippen LogP contribution >= 0.6 is 11.6 Å². The van der Waals surface area contributed by atoms with E-state index < -0.39 is 0 Å². The van der Waals surface area contributed by atoms with Crippen LogP contribution in [0.2, 0.25) is 5.02 Å². The van der Waals surface area contributed by atoms with Crippen LogP contribution in [0.25, 0.3) is 0 Å². The maximum absolute atomic E-state index is 12.1. The van der Waals surface area contributed by atoms with Crippen LogP contribution < -0.4 is 5.32 Å². The van der Waals surface area contributed by atoms with Crippen LogP contribution in [-0.2, 0) is 17.8 Å². The van der Waals surface area contributed by atoms with Crippen LogP contribution in [0.15, 0.2) is 48.8 Å². The Kier molecular flexibility index (Phi) is 6.42. The molecule has 0 bridgehead atoms. The molecule has 0 spiro atoms. The van der Waals surface area contributed by atoms with E-state index in [1.807, 2.05) is 30.5 Å². The molecule has 1 aromatic heterocycles. The molecule has 0 atom stereocenters. The molecule has 0 aliphatic carbocycles. The second kappa shape index (κ2) is 8.97. The molecule has 3 rings (SSSR count). The number of pyridine rings is 1. The van der Waals surface area contributed by atoms with Crippen molar-refractivity contribution in [3.8, 4) is 0 Å². The summed E-state index contributed by atoms with van der Waals surface area (Å²) in [4.78, 5) is 18.6. The normalized spacial score (nSPS) is 15.9. The van der Waals surface area contributed by atoms with Gasteiger partial charge in [-0.05, 0) is 48.6 Å². The molecular formula is C20H24ClN3O. The standard InChI is InChI=1S/C20H24ClN3O/c21-18-6-3-17(4-7-18)15-24-12-9-19(10-13-24)23-20(25)8-5-16-2-1-11-22-14-16/h1-4,6-7,11,14,19H,5,8-10,12-13,15H2,(H,23,25). The van der Waals surface area contributed by atoms with Gasteiger partial charge < -0.3 is 5.32 Å². The zero-order chi connectivity index (χ0) is 17.5. The number of rotatable bonds is 6. The van der Waals surface area contributed by atoms with Crippen molar-refractivity contribution in [2.24, 2.45) is 0 Å². The molecule has 1 aliphatic heterocycles. The maximum Gasteiger partial charge on any atom is 0.220 e. The molecule has 2 heterocycles. The predicted molar refractivity (Wildman–Crippen MR) is 100 cm³/mol. The average molecular weight is 358 g/mol. The van der Waals surface area contributed by atoms with Gasteiger partial charge in [0.25, 0.3) is 0 Å². The first kappa shape index (κ1) is 17.9. The first-order chi connectivity index (χ1) is 12.2. The van der Waals surface area contributed by atoms with E-state index in [-0.39, 0.29) is 5.91 Å². The second-order valence-electron chi connectivity index (χ2n) is 6.61. The van der Waals surface area contributed by atoms with Gasteiger partial charge in [-0.2, -0.15) is 0 Å². The van der Waals surface area contributed by atoms with E-state index in [4.69, 9.17) is 11.6 Å². The lowest BCUT2D eigenvalue weighted by molar-refractivity contribution is -0.122. The number of benzene rings is 1. The van der Waals surface area contributed by atoms with Crippen molar-refractivity contribution in [3.05, 3.63) is 64.9 Å². The highest BCUT2D eigenvalue weighted by Crippen LogP contribution is 2.16. The minimum absolute atomic E-state index is 0.139. The van der Waals surface area contributed by atoms with Crippen molar-refractivity contribution >= 4 is 17.5 Å². The number of amides is 1. The Labute approximate surface area is 154 Å². The van der Waals surface area contributed by atoms with Gasteiger partial charge in [0.1, 0.15) is 0 Å². The Hall–Kier alpha value is -1.91. The van der Waals surface area contributed by atoms with Crippen LogP contribution in [0.5, 0.6) is 0 Å². The van der Waals surface area contributed by atoms with Crippen molar-refractivity contribution in [2.45, 2.75) is 38.3 Å². The average Bonchev–Trinajstić information content (AvgIpc) is 2.64. The number of aromatic nitrogens is 1. The highest BCUT2D eigenvalue weighted by molar-refractivity contribution is 6.30. The molecule has 1 fully saturated rings.